The summed E-state index contributed by atoms with van der Waals surface area (Å²) in [6.45, 7) is 10.9. The van der Waals surface area contributed by atoms with Gasteiger partial charge in [-0.1, -0.05) is 18.2 Å². The minimum absolute atomic E-state index is 0.0218. The summed E-state index contributed by atoms with van der Waals surface area (Å²) in [6.07, 6.45) is 2.00. The molecule has 41 heavy (non-hydrogen) atoms. The molecule has 0 saturated carbocycles. The van der Waals surface area contributed by atoms with Gasteiger partial charge in [0.1, 0.15) is 18.1 Å². The quantitative estimate of drug-likeness (QED) is 0.345. The van der Waals surface area contributed by atoms with E-state index in [1.165, 1.54) is 5.56 Å². The molecule has 0 radical (unpaired) electrons. The Labute approximate surface area is 245 Å². The van der Waals surface area contributed by atoms with Gasteiger partial charge in [0.05, 0.1) is 51.4 Å². The minimum atomic E-state index is -0.0218. The van der Waals surface area contributed by atoms with Crippen molar-refractivity contribution in [2.24, 2.45) is 0 Å². The number of anilines is 1. The number of rotatable bonds is 14. The van der Waals surface area contributed by atoms with E-state index in [0.29, 0.717) is 13.2 Å². The van der Waals surface area contributed by atoms with Crippen molar-refractivity contribution in [1.29, 1.82) is 0 Å². The highest BCUT2D eigenvalue weighted by Gasteiger charge is 2.36. The zero-order valence-electron chi connectivity index (χ0n) is 24.7. The number of methoxy groups -OCH3 is 2. The van der Waals surface area contributed by atoms with E-state index in [9.17, 15) is 0 Å². The fourth-order valence-corrected chi connectivity index (χ4v) is 6.03. The lowest BCUT2D eigenvalue weighted by molar-refractivity contribution is -0.0619. The molecule has 0 aromatic heterocycles. The number of nitrogens with one attached hydrogen (secondary N) is 1. The fourth-order valence-electron chi connectivity index (χ4n) is 6.03. The number of hydrogen-bond donors (Lipinski definition) is 1. The van der Waals surface area contributed by atoms with Gasteiger partial charge < -0.3 is 38.6 Å². The van der Waals surface area contributed by atoms with Crippen molar-refractivity contribution >= 4 is 5.69 Å². The monoisotopic (exact) mass is 569 g/mol. The Kier molecular flexibility index (Phi) is 11.5. The van der Waals surface area contributed by atoms with Crippen molar-refractivity contribution in [3.05, 3.63) is 53.6 Å². The van der Waals surface area contributed by atoms with E-state index in [-0.39, 0.29) is 18.1 Å². The van der Waals surface area contributed by atoms with Crippen LogP contribution in [0.4, 0.5) is 5.69 Å². The van der Waals surface area contributed by atoms with Crippen LogP contribution in [0.5, 0.6) is 11.5 Å². The fraction of sp³-hybridized carbons (Fsp3) is 0.625. The molecule has 0 spiro atoms. The maximum atomic E-state index is 6.67. The third-order valence-electron chi connectivity index (χ3n) is 8.27. The molecule has 9 nitrogen and oxygen atoms in total. The Hall–Kier alpha value is -2.40. The maximum Gasteiger partial charge on any atom is 0.142 e. The summed E-state index contributed by atoms with van der Waals surface area (Å²) in [4.78, 5) is 4.85. The van der Waals surface area contributed by atoms with Crippen molar-refractivity contribution in [3.63, 3.8) is 0 Å². The Morgan fingerprint density at radius 2 is 1.63 bits per heavy atom. The summed E-state index contributed by atoms with van der Waals surface area (Å²) in [5, 5.41) is 3.58. The zero-order valence-corrected chi connectivity index (χ0v) is 24.7. The molecule has 0 aliphatic carbocycles. The molecule has 2 aromatic rings. The van der Waals surface area contributed by atoms with Gasteiger partial charge in [-0.3, -0.25) is 4.90 Å². The van der Waals surface area contributed by atoms with Gasteiger partial charge in [0.2, 0.25) is 0 Å². The highest BCUT2D eigenvalue weighted by atomic mass is 16.5. The number of hydrogen-bond acceptors (Lipinski definition) is 9. The standard InChI is InChI=1S/C32H47N3O6/c1-36-16-4-12-35-15-20-40-29-10-5-25(21-28(29)35)24-41-31-23-33-22-30(32(31)26-6-8-27(37-2)9-7-26)39-17-3-11-34-13-18-38-19-14-34/h5-10,21,30-33H,3-4,11-20,22-24H2,1-2H3/t30-,31+,32+/m1/s1. The molecule has 9 heteroatoms. The van der Waals surface area contributed by atoms with E-state index in [1.54, 1.807) is 14.2 Å². The van der Waals surface area contributed by atoms with Crippen LogP contribution in [0.15, 0.2) is 42.5 Å². The summed E-state index contributed by atoms with van der Waals surface area (Å²) in [5.74, 6) is 1.92. The Balaban J connectivity index is 1.24. The molecule has 3 aliphatic heterocycles. The van der Waals surface area contributed by atoms with Crippen molar-refractivity contribution in [2.45, 2.75) is 37.6 Å². The van der Waals surface area contributed by atoms with Crippen molar-refractivity contribution in [2.75, 3.05) is 98.0 Å². The molecule has 3 heterocycles. The van der Waals surface area contributed by atoms with E-state index < -0.39 is 0 Å². The second-order valence-corrected chi connectivity index (χ2v) is 11.0. The van der Waals surface area contributed by atoms with Crippen molar-refractivity contribution < 1.29 is 28.4 Å². The van der Waals surface area contributed by atoms with Crippen molar-refractivity contribution in [3.8, 4) is 11.5 Å². The predicted octanol–water partition coefficient (Wildman–Crippen LogP) is 3.31. The largest absolute Gasteiger partial charge is 0.497 e. The highest BCUT2D eigenvalue weighted by Crippen LogP contribution is 2.35. The molecule has 3 aliphatic rings. The molecule has 0 amide bonds. The molecule has 5 rings (SSSR count). The van der Waals surface area contributed by atoms with Crippen LogP contribution in [-0.2, 0) is 25.6 Å². The van der Waals surface area contributed by atoms with E-state index >= 15 is 0 Å². The third kappa shape index (κ3) is 8.34. The van der Waals surface area contributed by atoms with Crippen LogP contribution < -0.4 is 19.7 Å². The molecule has 0 unspecified atom stereocenters. The average molecular weight is 570 g/mol. The van der Waals surface area contributed by atoms with Crippen LogP contribution in [0.2, 0.25) is 0 Å². The predicted molar refractivity (Wildman–Crippen MR) is 159 cm³/mol. The Morgan fingerprint density at radius 3 is 2.41 bits per heavy atom. The number of fused-ring (bicyclic) bond motifs is 1. The van der Waals surface area contributed by atoms with E-state index in [1.807, 2.05) is 12.1 Å². The molecule has 2 aromatic carbocycles. The van der Waals surface area contributed by atoms with Gasteiger partial charge in [0.25, 0.3) is 0 Å². The van der Waals surface area contributed by atoms with Crippen LogP contribution in [0, 0.1) is 0 Å². The number of ether oxygens (including phenoxy) is 6. The van der Waals surface area contributed by atoms with Crippen LogP contribution in [0.1, 0.15) is 29.9 Å². The number of piperidine rings is 1. The third-order valence-corrected chi connectivity index (χ3v) is 8.27. The summed E-state index contributed by atoms with van der Waals surface area (Å²) < 4.78 is 35.3. The Morgan fingerprint density at radius 1 is 0.854 bits per heavy atom. The summed E-state index contributed by atoms with van der Waals surface area (Å²) in [5.41, 5.74) is 3.51. The van der Waals surface area contributed by atoms with Gasteiger partial charge >= 0.3 is 0 Å². The number of benzene rings is 2. The SMILES string of the molecule is COCCCN1CCOc2ccc(CO[C@H]3CNC[C@@H](OCCCN4CCOCC4)[C@@H]3c3ccc(OC)cc3)cc21. The van der Waals surface area contributed by atoms with E-state index in [2.05, 4.69) is 45.4 Å². The molecule has 1 N–H and O–H groups in total. The lowest BCUT2D eigenvalue weighted by Crippen LogP contribution is -2.50. The first-order valence-electron chi connectivity index (χ1n) is 15.1. The topological polar surface area (TPSA) is 73.9 Å². The highest BCUT2D eigenvalue weighted by molar-refractivity contribution is 5.61. The average Bonchev–Trinajstić information content (AvgIpc) is 3.03. The second-order valence-electron chi connectivity index (χ2n) is 11.0. The first kappa shape index (κ1) is 30.1. The lowest BCUT2D eigenvalue weighted by Gasteiger charge is -2.39. The van der Waals surface area contributed by atoms with E-state index in [4.69, 9.17) is 28.4 Å². The van der Waals surface area contributed by atoms with Crippen LogP contribution in [0.3, 0.4) is 0 Å². The smallest absolute Gasteiger partial charge is 0.142 e. The molecular weight excluding hydrogens is 522 g/mol. The van der Waals surface area contributed by atoms with Gasteiger partial charge in [0, 0.05) is 65.5 Å². The molecule has 226 valence electrons. The molecule has 2 saturated heterocycles. The summed E-state index contributed by atoms with van der Waals surface area (Å²) >= 11 is 0. The number of morpholine rings is 1. The second kappa shape index (κ2) is 15.7. The lowest BCUT2D eigenvalue weighted by atomic mass is 9.85. The van der Waals surface area contributed by atoms with Gasteiger partial charge in [-0.25, -0.2) is 0 Å². The molecule has 0 bridgehead atoms. The van der Waals surface area contributed by atoms with Crippen LogP contribution in [-0.4, -0.2) is 110 Å². The van der Waals surface area contributed by atoms with Gasteiger partial charge in [-0.15, -0.1) is 0 Å². The van der Waals surface area contributed by atoms with Gasteiger partial charge in [0.15, 0.2) is 0 Å². The first-order chi connectivity index (χ1) is 20.2. The van der Waals surface area contributed by atoms with E-state index in [0.717, 1.165) is 108 Å². The number of nitrogens with zero attached hydrogens (tertiary/aromatic N) is 2. The van der Waals surface area contributed by atoms with Gasteiger partial charge in [-0.2, -0.15) is 0 Å². The Bertz CT molecular complexity index is 1050. The minimum Gasteiger partial charge on any atom is -0.497 e. The molecule has 3 atom stereocenters. The van der Waals surface area contributed by atoms with Gasteiger partial charge in [-0.05, 0) is 48.2 Å². The summed E-state index contributed by atoms with van der Waals surface area (Å²) in [7, 11) is 3.46. The zero-order chi connectivity index (χ0) is 28.3. The maximum absolute atomic E-state index is 6.67. The first-order valence-corrected chi connectivity index (χ1v) is 15.1. The van der Waals surface area contributed by atoms with Crippen molar-refractivity contribution in [1.82, 2.24) is 10.2 Å². The molecule has 2 fully saturated rings. The molecular formula is C32H47N3O6. The normalized spacial score (nSPS) is 23.2. The van der Waals surface area contributed by atoms with Crippen LogP contribution in [0.25, 0.3) is 0 Å². The van der Waals surface area contributed by atoms with Crippen LogP contribution >= 0.6 is 0 Å². The summed E-state index contributed by atoms with van der Waals surface area (Å²) in [6, 6.07) is 14.8.